The Bertz CT molecular complexity index is 961. The van der Waals surface area contributed by atoms with Gasteiger partial charge in [-0.3, -0.25) is 4.99 Å². The molecule has 0 bridgehead atoms. The van der Waals surface area contributed by atoms with Gasteiger partial charge in [-0.05, 0) is 42.7 Å². The van der Waals surface area contributed by atoms with Crippen molar-refractivity contribution < 1.29 is 32.6 Å². The molecule has 166 valence electrons. The van der Waals surface area contributed by atoms with Gasteiger partial charge in [0.1, 0.15) is 19.6 Å². The Morgan fingerprint density at radius 3 is 2.55 bits per heavy atom. The summed E-state index contributed by atoms with van der Waals surface area (Å²) >= 11 is 0. The van der Waals surface area contributed by atoms with Crippen LogP contribution in [0.1, 0.15) is 29.2 Å². The summed E-state index contributed by atoms with van der Waals surface area (Å²) in [5.41, 5.74) is 3.43. The number of ether oxygens (including phenoxy) is 3. The highest BCUT2D eigenvalue weighted by atomic mass is 19.3. The molecule has 0 fully saturated rings. The van der Waals surface area contributed by atoms with Crippen LogP contribution in [-0.4, -0.2) is 45.0 Å². The summed E-state index contributed by atoms with van der Waals surface area (Å²) in [7, 11) is 2.60. The van der Waals surface area contributed by atoms with Crippen LogP contribution in [0, 0.1) is 6.92 Å². The second-order valence-electron chi connectivity index (χ2n) is 6.34. The summed E-state index contributed by atoms with van der Waals surface area (Å²) in [6.45, 7) is 0.912. The van der Waals surface area contributed by atoms with Crippen LogP contribution in [0.25, 0.3) is 0 Å². The van der Waals surface area contributed by atoms with Gasteiger partial charge in [-0.25, -0.2) is 4.79 Å². The van der Waals surface area contributed by atoms with Gasteiger partial charge in [0, 0.05) is 11.3 Å². The van der Waals surface area contributed by atoms with E-state index in [2.05, 4.69) is 14.9 Å². The number of esters is 1. The fourth-order valence-electron chi connectivity index (χ4n) is 2.78. The number of benzene rings is 2. The molecular formula is C22H24F2N2O5. The zero-order valence-electron chi connectivity index (χ0n) is 17.7. The van der Waals surface area contributed by atoms with Crippen LogP contribution >= 0.6 is 0 Å². The first-order valence-corrected chi connectivity index (χ1v) is 9.29. The van der Waals surface area contributed by atoms with Gasteiger partial charge in [-0.15, -0.1) is 0 Å². The van der Waals surface area contributed by atoms with Gasteiger partial charge in [0.2, 0.25) is 0 Å². The molecule has 0 heterocycles. The van der Waals surface area contributed by atoms with Gasteiger partial charge in [-0.1, -0.05) is 35.5 Å². The van der Waals surface area contributed by atoms with Crippen molar-refractivity contribution >= 4 is 17.4 Å². The van der Waals surface area contributed by atoms with Crippen molar-refractivity contribution in [1.82, 2.24) is 0 Å². The molecule has 2 rings (SSSR count). The van der Waals surface area contributed by atoms with Gasteiger partial charge >= 0.3 is 12.6 Å². The first-order chi connectivity index (χ1) is 14.9. The number of oxime groups is 1. The van der Waals surface area contributed by atoms with E-state index in [1.807, 2.05) is 13.0 Å². The summed E-state index contributed by atoms with van der Waals surface area (Å²) < 4.78 is 39.7. The van der Waals surface area contributed by atoms with E-state index in [0.29, 0.717) is 16.8 Å². The smallest absolute Gasteiger partial charge is 0.387 e. The zero-order valence-corrected chi connectivity index (χ0v) is 17.7. The SMILES string of the molecule is CO/N=C(/C(=O)OC)c1cccc(C)c1COC/N=C(\C)c1cccc(OC(F)F)c1. The monoisotopic (exact) mass is 434 g/mol. The van der Waals surface area contributed by atoms with Crippen molar-refractivity contribution in [2.45, 2.75) is 27.1 Å². The standard InChI is InChI=1S/C22H24F2N2O5/c1-14-7-5-10-18(20(26-29-4)21(27)28-3)19(14)12-30-13-25-15(2)16-8-6-9-17(11-16)31-22(23)24/h5-11,22H,12-13H2,1-4H3/b25-15+,26-20+. The molecule has 0 atom stereocenters. The van der Waals surface area contributed by atoms with E-state index in [9.17, 15) is 13.6 Å². The Hall–Kier alpha value is -3.33. The normalized spacial score (nSPS) is 12.1. The van der Waals surface area contributed by atoms with Crippen molar-refractivity contribution in [3.63, 3.8) is 0 Å². The van der Waals surface area contributed by atoms with Crippen molar-refractivity contribution in [1.29, 1.82) is 0 Å². The van der Waals surface area contributed by atoms with Crippen LogP contribution in [0.2, 0.25) is 0 Å². The fraction of sp³-hybridized carbons (Fsp3) is 0.318. The molecule has 9 heteroatoms. The van der Waals surface area contributed by atoms with E-state index in [-0.39, 0.29) is 24.8 Å². The lowest BCUT2D eigenvalue weighted by molar-refractivity contribution is -0.132. The van der Waals surface area contributed by atoms with E-state index in [4.69, 9.17) is 14.3 Å². The minimum absolute atomic E-state index is 0.0223. The highest BCUT2D eigenvalue weighted by Crippen LogP contribution is 2.19. The third kappa shape index (κ3) is 6.85. The van der Waals surface area contributed by atoms with Gasteiger partial charge in [0.25, 0.3) is 0 Å². The summed E-state index contributed by atoms with van der Waals surface area (Å²) in [6.07, 6.45) is 0. The summed E-state index contributed by atoms with van der Waals surface area (Å²) in [5, 5.41) is 3.79. The summed E-state index contributed by atoms with van der Waals surface area (Å²) in [6, 6.07) is 11.7. The maximum absolute atomic E-state index is 12.4. The maximum atomic E-state index is 12.4. The van der Waals surface area contributed by atoms with E-state index in [0.717, 1.165) is 11.1 Å². The lowest BCUT2D eigenvalue weighted by Crippen LogP contribution is -2.20. The lowest BCUT2D eigenvalue weighted by Gasteiger charge is -2.13. The number of carbonyl (C=O) groups excluding carboxylic acids is 1. The first kappa shape index (κ1) is 23.9. The predicted molar refractivity (Wildman–Crippen MR) is 112 cm³/mol. The second kappa shape index (κ2) is 11.8. The van der Waals surface area contributed by atoms with Crippen LogP contribution in [0.5, 0.6) is 5.75 Å². The Kier molecular flexibility index (Phi) is 9.08. The highest BCUT2D eigenvalue weighted by molar-refractivity contribution is 6.43. The quantitative estimate of drug-likeness (QED) is 0.243. The Morgan fingerprint density at radius 2 is 1.87 bits per heavy atom. The number of hydrogen-bond donors (Lipinski definition) is 0. The number of hydrogen-bond acceptors (Lipinski definition) is 7. The third-order valence-corrected chi connectivity index (χ3v) is 4.34. The first-order valence-electron chi connectivity index (χ1n) is 9.29. The summed E-state index contributed by atoms with van der Waals surface area (Å²) in [5.74, 6) is -0.575. The Labute approximate surface area is 179 Å². The predicted octanol–water partition coefficient (Wildman–Crippen LogP) is 4.10. The molecule has 7 nitrogen and oxygen atoms in total. The maximum Gasteiger partial charge on any atom is 0.387 e. The van der Waals surface area contributed by atoms with Crippen molar-refractivity contribution in [2.75, 3.05) is 21.0 Å². The molecule has 0 spiro atoms. The molecule has 2 aromatic rings. The zero-order chi connectivity index (χ0) is 22.8. The topological polar surface area (TPSA) is 78.7 Å². The van der Waals surface area contributed by atoms with E-state index < -0.39 is 12.6 Å². The molecule has 0 aliphatic carbocycles. The highest BCUT2D eigenvalue weighted by Gasteiger charge is 2.20. The van der Waals surface area contributed by atoms with E-state index in [1.54, 1.807) is 31.2 Å². The number of alkyl halides is 2. The molecule has 0 radical (unpaired) electrons. The van der Waals surface area contributed by atoms with E-state index in [1.165, 1.54) is 26.4 Å². The molecule has 0 N–H and O–H groups in total. The van der Waals surface area contributed by atoms with Gasteiger partial charge < -0.3 is 19.0 Å². The molecule has 2 aromatic carbocycles. The molecule has 0 aliphatic heterocycles. The van der Waals surface area contributed by atoms with Crippen LogP contribution in [0.4, 0.5) is 8.78 Å². The van der Waals surface area contributed by atoms with Gasteiger partial charge in [-0.2, -0.15) is 8.78 Å². The number of carbonyl (C=O) groups is 1. The molecule has 0 saturated heterocycles. The second-order valence-corrected chi connectivity index (χ2v) is 6.34. The third-order valence-electron chi connectivity index (χ3n) is 4.34. The number of aryl methyl sites for hydroxylation is 1. The van der Waals surface area contributed by atoms with Crippen LogP contribution in [0.15, 0.2) is 52.6 Å². The molecule has 0 amide bonds. The largest absolute Gasteiger partial charge is 0.464 e. The molecule has 0 aromatic heterocycles. The van der Waals surface area contributed by atoms with Gasteiger partial charge in [0.05, 0.1) is 13.7 Å². The average Bonchev–Trinajstić information content (AvgIpc) is 2.75. The van der Waals surface area contributed by atoms with Gasteiger partial charge in [0.15, 0.2) is 5.71 Å². The summed E-state index contributed by atoms with van der Waals surface area (Å²) in [4.78, 5) is 21.2. The van der Waals surface area contributed by atoms with Crippen LogP contribution in [-0.2, 0) is 25.7 Å². The van der Waals surface area contributed by atoms with E-state index >= 15 is 0 Å². The number of halogens is 2. The number of rotatable bonds is 10. The molecule has 31 heavy (non-hydrogen) atoms. The number of methoxy groups -OCH3 is 1. The minimum atomic E-state index is -2.89. The molecular weight excluding hydrogens is 410 g/mol. The Balaban J connectivity index is 2.12. The minimum Gasteiger partial charge on any atom is -0.464 e. The van der Waals surface area contributed by atoms with Crippen molar-refractivity contribution in [3.8, 4) is 5.75 Å². The fourth-order valence-corrected chi connectivity index (χ4v) is 2.78. The average molecular weight is 434 g/mol. The number of nitrogens with zero attached hydrogens (tertiary/aromatic N) is 2. The molecule has 0 unspecified atom stereocenters. The molecule has 0 saturated carbocycles. The Morgan fingerprint density at radius 1 is 1.13 bits per heavy atom. The van der Waals surface area contributed by atoms with Crippen LogP contribution < -0.4 is 4.74 Å². The molecule has 0 aliphatic rings. The lowest BCUT2D eigenvalue weighted by atomic mass is 9.99. The van der Waals surface area contributed by atoms with Crippen molar-refractivity contribution in [2.24, 2.45) is 10.1 Å². The van der Waals surface area contributed by atoms with Crippen molar-refractivity contribution in [3.05, 3.63) is 64.7 Å². The number of aliphatic imine (C=N–C) groups is 1. The van der Waals surface area contributed by atoms with Crippen LogP contribution in [0.3, 0.4) is 0 Å².